The minimum Gasteiger partial charge on any atom is -0.464 e. The Bertz CT molecular complexity index is 974. The van der Waals surface area contributed by atoms with Crippen LogP contribution in [0.5, 0.6) is 0 Å². The summed E-state index contributed by atoms with van der Waals surface area (Å²) in [6, 6.07) is 0. The molecule has 10 heteroatoms. The van der Waals surface area contributed by atoms with Crippen LogP contribution in [0, 0.1) is 11.8 Å². The fraction of sp³-hybridized carbons (Fsp3) is 0.467. The molecular weight excluding hydrogens is 332 g/mol. The van der Waals surface area contributed by atoms with Crippen LogP contribution in [0.1, 0.15) is 25.8 Å². The lowest BCUT2D eigenvalue weighted by Crippen LogP contribution is -2.32. The van der Waals surface area contributed by atoms with Crippen molar-refractivity contribution < 1.29 is 19.7 Å². The maximum atomic E-state index is 12.2. The predicted molar refractivity (Wildman–Crippen MR) is 86.6 cm³/mol. The van der Waals surface area contributed by atoms with Crippen molar-refractivity contribution in [1.82, 2.24) is 19.1 Å². The van der Waals surface area contributed by atoms with Gasteiger partial charge in [0.15, 0.2) is 17.3 Å². The summed E-state index contributed by atoms with van der Waals surface area (Å²) in [6.45, 7) is 3.13. The number of carbonyl (C=O) groups is 1. The molecule has 2 unspecified atom stereocenters. The average molecular weight is 350 g/mol. The number of rotatable bonds is 5. The van der Waals surface area contributed by atoms with Gasteiger partial charge >= 0.3 is 11.7 Å². The van der Waals surface area contributed by atoms with Crippen LogP contribution >= 0.6 is 0 Å². The Hall–Kier alpha value is -2.90. The number of aromatic nitrogens is 4. The molecule has 0 radical (unpaired) electrons. The van der Waals surface area contributed by atoms with Crippen molar-refractivity contribution in [2.45, 2.75) is 32.6 Å². The van der Waals surface area contributed by atoms with Gasteiger partial charge in [0.25, 0.3) is 5.56 Å². The lowest BCUT2D eigenvalue weighted by molar-refractivity contribution is -0.159. The molecule has 0 aliphatic heterocycles. The van der Waals surface area contributed by atoms with E-state index in [-0.39, 0.29) is 30.1 Å². The van der Waals surface area contributed by atoms with Crippen molar-refractivity contribution >= 4 is 17.1 Å². The number of aliphatic hydroxyl groups excluding tert-OH is 2. The lowest BCUT2D eigenvalue weighted by Gasteiger charge is -2.16. The molecule has 2 aromatic heterocycles. The van der Waals surface area contributed by atoms with E-state index in [1.165, 1.54) is 11.6 Å². The topological polar surface area (TPSA) is 139 Å². The number of nitrogens with one attached hydrogen (secondary N) is 1. The van der Waals surface area contributed by atoms with Crippen molar-refractivity contribution in [2.24, 2.45) is 7.05 Å². The van der Waals surface area contributed by atoms with Gasteiger partial charge in [0.1, 0.15) is 11.9 Å². The number of carbonyl (C=O) groups excluding carboxylic acids is 1. The molecule has 10 nitrogen and oxygen atoms in total. The summed E-state index contributed by atoms with van der Waals surface area (Å²) in [7, 11) is 1.39. The predicted octanol–water partition coefficient (Wildman–Crippen LogP) is -1.60. The third-order valence-corrected chi connectivity index (χ3v) is 3.54. The summed E-state index contributed by atoms with van der Waals surface area (Å²) in [5, 5.41) is 20.3. The SMILES string of the molecule is CC#CCn1c(C(O)C(O)C(=O)OCC)nc2c1c(=O)[nH]c(=O)n2C. The molecule has 3 N–H and O–H groups in total. The highest BCUT2D eigenvalue weighted by Crippen LogP contribution is 2.21. The van der Waals surface area contributed by atoms with Crippen molar-refractivity contribution in [3.05, 3.63) is 26.7 Å². The summed E-state index contributed by atoms with van der Waals surface area (Å²) in [5.41, 5.74) is -1.41. The summed E-state index contributed by atoms with van der Waals surface area (Å²) in [6.07, 6.45) is -3.67. The van der Waals surface area contributed by atoms with Gasteiger partial charge in [-0.2, -0.15) is 0 Å². The zero-order chi connectivity index (χ0) is 18.7. The third-order valence-electron chi connectivity index (χ3n) is 3.54. The first-order valence-corrected chi connectivity index (χ1v) is 7.45. The fourth-order valence-corrected chi connectivity index (χ4v) is 2.29. The zero-order valence-electron chi connectivity index (χ0n) is 13.9. The Morgan fingerprint density at radius 2 is 2.08 bits per heavy atom. The van der Waals surface area contributed by atoms with Crippen LogP contribution in [-0.2, 0) is 23.1 Å². The van der Waals surface area contributed by atoms with Crippen molar-refractivity contribution in [3.8, 4) is 11.8 Å². The Morgan fingerprint density at radius 1 is 1.40 bits per heavy atom. The molecule has 0 aliphatic carbocycles. The van der Waals surface area contributed by atoms with Gasteiger partial charge in [0, 0.05) is 7.05 Å². The first kappa shape index (κ1) is 18.4. The molecule has 2 aromatic rings. The van der Waals surface area contributed by atoms with Gasteiger partial charge < -0.3 is 19.5 Å². The third kappa shape index (κ3) is 3.33. The van der Waals surface area contributed by atoms with Gasteiger partial charge in [-0.1, -0.05) is 5.92 Å². The molecule has 2 heterocycles. The van der Waals surface area contributed by atoms with E-state index in [9.17, 15) is 24.6 Å². The standard InChI is InChI=1S/C15H18N4O6/c1-4-6-7-19-8-11(18(3)15(24)17-13(8)22)16-12(19)9(20)10(21)14(23)25-5-2/h9-10,20-21H,5,7H2,1-3H3,(H,17,22,24). The largest absolute Gasteiger partial charge is 0.464 e. The van der Waals surface area contributed by atoms with E-state index in [2.05, 4.69) is 26.5 Å². The summed E-state index contributed by atoms with van der Waals surface area (Å²) in [4.78, 5) is 41.8. The number of hydrogen-bond donors (Lipinski definition) is 3. The van der Waals surface area contributed by atoms with E-state index < -0.39 is 29.4 Å². The molecule has 0 fully saturated rings. The van der Waals surface area contributed by atoms with Gasteiger partial charge in [-0.25, -0.2) is 14.6 Å². The van der Waals surface area contributed by atoms with E-state index in [1.807, 2.05) is 0 Å². The summed E-state index contributed by atoms with van der Waals surface area (Å²) >= 11 is 0. The fourth-order valence-electron chi connectivity index (χ4n) is 2.29. The second-order valence-electron chi connectivity index (χ2n) is 5.12. The number of imidazole rings is 1. The number of aliphatic hydroxyl groups is 2. The maximum Gasteiger partial charge on any atom is 0.338 e. The molecule has 0 bridgehead atoms. The van der Waals surface area contributed by atoms with Gasteiger partial charge in [-0.05, 0) is 13.8 Å². The molecule has 0 aliphatic rings. The van der Waals surface area contributed by atoms with Gasteiger partial charge in [-0.3, -0.25) is 14.3 Å². The second-order valence-corrected chi connectivity index (χ2v) is 5.12. The van der Waals surface area contributed by atoms with Crippen molar-refractivity contribution in [3.63, 3.8) is 0 Å². The number of esters is 1. The number of ether oxygens (including phenoxy) is 1. The highest BCUT2D eigenvalue weighted by atomic mass is 16.5. The zero-order valence-corrected chi connectivity index (χ0v) is 13.9. The Labute approximate surface area is 141 Å². The second kappa shape index (κ2) is 7.33. The van der Waals surface area contributed by atoms with Crippen LogP contribution in [0.3, 0.4) is 0 Å². The van der Waals surface area contributed by atoms with Crippen LogP contribution in [-0.4, -0.2) is 48.0 Å². The molecule has 134 valence electrons. The normalized spacial score (nSPS) is 13.2. The monoisotopic (exact) mass is 350 g/mol. The highest BCUT2D eigenvalue weighted by Gasteiger charge is 2.32. The quantitative estimate of drug-likeness (QED) is 0.436. The minimum absolute atomic E-state index is 0.00300. The van der Waals surface area contributed by atoms with E-state index in [0.717, 1.165) is 4.57 Å². The molecule has 0 spiro atoms. The molecule has 0 saturated heterocycles. The number of fused-ring (bicyclic) bond motifs is 1. The molecule has 0 amide bonds. The average Bonchev–Trinajstić information content (AvgIpc) is 2.96. The highest BCUT2D eigenvalue weighted by molar-refractivity contribution is 5.76. The molecule has 25 heavy (non-hydrogen) atoms. The summed E-state index contributed by atoms with van der Waals surface area (Å²) in [5.74, 6) is 4.15. The number of aryl methyl sites for hydroxylation is 1. The number of H-pyrrole nitrogens is 1. The van der Waals surface area contributed by atoms with Crippen LogP contribution < -0.4 is 11.2 Å². The van der Waals surface area contributed by atoms with E-state index in [0.29, 0.717) is 0 Å². The number of nitrogens with zero attached hydrogens (tertiary/aromatic N) is 3. The van der Waals surface area contributed by atoms with Gasteiger partial charge in [0.2, 0.25) is 0 Å². The first-order valence-electron chi connectivity index (χ1n) is 7.45. The van der Waals surface area contributed by atoms with E-state index in [4.69, 9.17) is 0 Å². The van der Waals surface area contributed by atoms with Crippen LogP contribution in [0.15, 0.2) is 9.59 Å². The van der Waals surface area contributed by atoms with Crippen molar-refractivity contribution in [1.29, 1.82) is 0 Å². The molecule has 0 aromatic carbocycles. The molecular formula is C15H18N4O6. The Kier molecular flexibility index (Phi) is 5.41. The smallest absolute Gasteiger partial charge is 0.338 e. The Morgan fingerprint density at radius 3 is 2.68 bits per heavy atom. The molecule has 0 saturated carbocycles. The van der Waals surface area contributed by atoms with Crippen LogP contribution in [0.25, 0.3) is 11.2 Å². The van der Waals surface area contributed by atoms with Gasteiger partial charge in [-0.15, -0.1) is 5.92 Å². The summed E-state index contributed by atoms with van der Waals surface area (Å²) < 4.78 is 7.00. The van der Waals surface area contributed by atoms with Crippen LogP contribution in [0.4, 0.5) is 0 Å². The van der Waals surface area contributed by atoms with Crippen LogP contribution in [0.2, 0.25) is 0 Å². The Balaban J connectivity index is 2.69. The minimum atomic E-state index is -1.90. The van der Waals surface area contributed by atoms with Crippen molar-refractivity contribution in [2.75, 3.05) is 6.61 Å². The lowest BCUT2D eigenvalue weighted by atomic mass is 10.2. The first-order chi connectivity index (χ1) is 11.8. The molecule has 2 atom stereocenters. The van der Waals surface area contributed by atoms with Gasteiger partial charge in [0.05, 0.1) is 13.2 Å². The number of hydrogen-bond acceptors (Lipinski definition) is 7. The van der Waals surface area contributed by atoms with E-state index in [1.54, 1.807) is 13.8 Å². The number of aromatic amines is 1. The molecule has 2 rings (SSSR count). The maximum absolute atomic E-state index is 12.2. The van der Waals surface area contributed by atoms with E-state index >= 15 is 0 Å².